The molecule has 37 heavy (non-hydrogen) atoms. The van der Waals surface area contributed by atoms with Crippen molar-refractivity contribution in [2.24, 2.45) is 0 Å². The Morgan fingerprint density at radius 2 is 1.89 bits per heavy atom. The normalized spacial score (nSPS) is 17.2. The minimum Gasteiger partial charge on any atom is -0.507 e. The maximum absolute atomic E-state index is 13.5. The molecule has 1 unspecified atom stereocenters. The van der Waals surface area contributed by atoms with Gasteiger partial charge in [0.15, 0.2) is 0 Å². The molecule has 1 amide bonds. The van der Waals surface area contributed by atoms with Crippen LogP contribution in [0.4, 0.5) is 5.95 Å². The average Bonchev–Trinajstić information content (AvgIpc) is 3.41. The summed E-state index contributed by atoms with van der Waals surface area (Å²) in [5.74, 6) is -0.829. The molecular weight excluding hydrogens is 468 g/mol. The summed E-state index contributed by atoms with van der Waals surface area (Å²) in [7, 11) is 1.60. The van der Waals surface area contributed by atoms with Crippen molar-refractivity contribution in [2.45, 2.75) is 39.7 Å². The lowest BCUT2D eigenvalue weighted by Crippen LogP contribution is -2.30. The molecule has 3 heterocycles. The van der Waals surface area contributed by atoms with Crippen LogP contribution >= 0.6 is 0 Å². The molecule has 8 nitrogen and oxygen atoms in total. The number of methoxy groups -OCH3 is 1. The quantitative estimate of drug-likeness (QED) is 0.220. The van der Waals surface area contributed by atoms with Gasteiger partial charge in [-0.25, -0.2) is 4.98 Å². The van der Waals surface area contributed by atoms with E-state index >= 15 is 0 Å². The van der Waals surface area contributed by atoms with Gasteiger partial charge < -0.3 is 14.8 Å². The summed E-state index contributed by atoms with van der Waals surface area (Å²) >= 11 is 0. The molecule has 0 spiro atoms. The van der Waals surface area contributed by atoms with E-state index in [1.807, 2.05) is 58.0 Å². The molecule has 2 aromatic carbocycles. The number of ketones is 1. The Kier molecular flexibility index (Phi) is 6.03. The van der Waals surface area contributed by atoms with Gasteiger partial charge in [0.25, 0.3) is 5.78 Å². The molecule has 0 aliphatic carbocycles. The van der Waals surface area contributed by atoms with Gasteiger partial charge >= 0.3 is 5.91 Å². The third-order valence-corrected chi connectivity index (χ3v) is 6.72. The topological polar surface area (TPSA) is 108 Å². The van der Waals surface area contributed by atoms with Crippen LogP contribution in [0.15, 0.2) is 60.3 Å². The van der Waals surface area contributed by atoms with Gasteiger partial charge in [-0.05, 0) is 72.9 Å². The first kappa shape index (κ1) is 24.2. The number of pyridine rings is 1. The molecule has 0 radical (unpaired) electrons. The van der Waals surface area contributed by atoms with Crippen molar-refractivity contribution in [2.75, 3.05) is 12.0 Å². The molecule has 8 heteroatoms. The first-order valence-electron chi connectivity index (χ1n) is 12.1. The van der Waals surface area contributed by atoms with Crippen LogP contribution in [0.3, 0.4) is 0 Å². The van der Waals surface area contributed by atoms with Crippen LogP contribution in [0.2, 0.25) is 0 Å². The van der Waals surface area contributed by atoms with E-state index in [0.29, 0.717) is 28.1 Å². The van der Waals surface area contributed by atoms with Gasteiger partial charge in [0.05, 0.1) is 29.4 Å². The predicted molar refractivity (Wildman–Crippen MR) is 142 cm³/mol. The number of aryl methyl sites for hydroxylation is 2. The molecule has 1 aliphatic heterocycles. The number of carbonyl (C=O) groups excluding carboxylic acids is 2. The molecule has 1 aliphatic rings. The van der Waals surface area contributed by atoms with Gasteiger partial charge in [-0.1, -0.05) is 26.0 Å². The number of aliphatic hydroxyl groups is 1. The number of hydrogen-bond acceptors (Lipinski definition) is 6. The van der Waals surface area contributed by atoms with Crippen LogP contribution < -0.4 is 9.64 Å². The molecular formula is C29H28N4O4. The van der Waals surface area contributed by atoms with E-state index in [-0.39, 0.29) is 23.2 Å². The number of rotatable bonds is 5. The maximum Gasteiger partial charge on any atom is 0.302 e. The summed E-state index contributed by atoms with van der Waals surface area (Å²) in [5, 5.41) is 11.6. The highest BCUT2D eigenvalue weighted by Gasteiger charge is 2.49. The van der Waals surface area contributed by atoms with Gasteiger partial charge in [-0.2, -0.15) is 0 Å². The zero-order chi connectivity index (χ0) is 26.4. The Labute approximate surface area is 214 Å². The standard InChI is InChI=1S/C29H28N4O4/c1-15(2)18-14-19(17(4)13-23(18)37-5)26(34)24-25(21-8-6-7-11-30-21)33(28(36)27(24)35)29-31-20-10-9-16(3)12-22(20)32-29/h6-15,25,34H,1-5H3,(H,31,32)/b26-24+. The van der Waals surface area contributed by atoms with Gasteiger partial charge in [-0.15, -0.1) is 0 Å². The Morgan fingerprint density at radius 1 is 1.11 bits per heavy atom. The van der Waals surface area contributed by atoms with E-state index in [1.54, 1.807) is 31.5 Å². The number of imidazole rings is 1. The number of aromatic amines is 1. The number of amides is 1. The molecule has 188 valence electrons. The molecule has 0 bridgehead atoms. The van der Waals surface area contributed by atoms with Crippen molar-refractivity contribution in [3.05, 3.63) is 88.2 Å². The van der Waals surface area contributed by atoms with Crippen molar-refractivity contribution in [1.29, 1.82) is 0 Å². The van der Waals surface area contributed by atoms with Crippen molar-refractivity contribution in [1.82, 2.24) is 15.0 Å². The van der Waals surface area contributed by atoms with Crippen LogP contribution in [0.5, 0.6) is 5.75 Å². The number of fused-ring (bicyclic) bond motifs is 1. The summed E-state index contributed by atoms with van der Waals surface area (Å²) < 4.78 is 5.54. The Bertz CT molecular complexity index is 1570. The van der Waals surface area contributed by atoms with Crippen LogP contribution in [0.1, 0.15) is 53.8 Å². The zero-order valence-electron chi connectivity index (χ0n) is 21.4. The van der Waals surface area contributed by atoms with Crippen molar-refractivity contribution in [3.8, 4) is 5.75 Å². The second kappa shape index (κ2) is 9.20. The third-order valence-electron chi connectivity index (χ3n) is 6.72. The highest BCUT2D eigenvalue weighted by atomic mass is 16.5. The van der Waals surface area contributed by atoms with Crippen molar-refractivity contribution in [3.63, 3.8) is 0 Å². The fourth-order valence-electron chi connectivity index (χ4n) is 4.82. The fourth-order valence-corrected chi connectivity index (χ4v) is 4.82. The molecule has 1 fully saturated rings. The van der Waals surface area contributed by atoms with E-state index in [1.165, 1.54) is 4.90 Å². The summed E-state index contributed by atoms with van der Waals surface area (Å²) in [6.07, 6.45) is 1.59. The number of aromatic nitrogens is 3. The maximum atomic E-state index is 13.5. The van der Waals surface area contributed by atoms with E-state index in [4.69, 9.17) is 4.74 Å². The lowest BCUT2D eigenvalue weighted by atomic mass is 9.92. The number of ether oxygens (including phenoxy) is 1. The first-order chi connectivity index (χ1) is 17.7. The monoisotopic (exact) mass is 496 g/mol. The smallest absolute Gasteiger partial charge is 0.302 e. The van der Waals surface area contributed by atoms with Crippen LogP contribution in [0, 0.1) is 13.8 Å². The molecule has 2 N–H and O–H groups in total. The number of aliphatic hydroxyl groups excluding tert-OH is 1. The molecule has 4 aromatic rings. The lowest BCUT2D eigenvalue weighted by molar-refractivity contribution is -0.132. The third kappa shape index (κ3) is 4.04. The Morgan fingerprint density at radius 3 is 2.57 bits per heavy atom. The Balaban J connectivity index is 1.74. The largest absolute Gasteiger partial charge is 0.507 e. The number of nitrogens with zero attached hydrogens (tertiary/aromatic N) is 3. The molecule has 1 saturated heterocycles. The second-order valence-electron chi connectivity index (χ2n) is 9.57. The minimum atomic E-state index is -0.966. The molecule has 5 rings (SSSR count). The molecule has 0 saturated carbocycles. The van der Waals surface area contributed by atoms with Crippen molar-refractivity contribution >= 4 is 34.4 Å². The molecule has 2 aromatic heterocycles. The molecule has 1 atom stereocenters. The number of carbonyl (C=O) groups is 2. The summed E-state index contributed by atoms with van der Waals surface area (Å²) in [4.78, 5) is 40.5. The first-order valence-corrected chi connectivity index (χ1v) is 12.1. The summed E-state index contributed by atoms with van der Waals surface area (Å²) in [6, 6.07) is 13.6. The zero-order valence-corrected chi connectivity index (χ0v) is 21.4. The Hall–Kier alpha value is -4.46. The average molecular weight is 497 g/mol. The van der Waals surface area contributed by atoms with Crippen LogP contribution in [0.25, 0.3) is 16.8 Å². The number of H-pyrrole nitrogens is 1. The van der Waals surface area contributed by atoms with Crippen molar-refractivity contribution < 1.29 is 19.4 Å². The van der Waals surface area contributed by atoms with Gasteiger partial charge in [0.2, 0.25) is 5.95 Å². The number of anilines is 1. The number of nitrogens with one attached hydrogen (secondary N) is 1. The van der Waals surface area contributed by atoms with E-state index in [2.05, 4.69) is 15.0 Å². The second-order valence-corrected chi connectivity index (χ2v) is 9.57. The highest BCUT2D eigenvalue weighted by Crippen LogP contribution is 2.42. The van der Waals surface area contributed by atoms with Gasteiger partial charge in [0, 0.05) is 11.8 Å². The number of hydrogen-bond donors (Lipinski definition) is 2. The van der Waals surface area contributed by atoms with E-state index in [0.717, 1.165) is 16.6 Å². The van der Waals surface area contributed by atoms with E-state index in [9.17, 15) is 14.7 Å². The van der Waals surface area contributed by atoms with E-state index < -0.39 is 17.7 Å². The number of Topliss-reactive ketones (excluding diaryl/α,β-unsaturated/α-hetero) is 1. The lowest BCUT2D eigenvalue weighted by Gasteiger charge is -2.22. The summed E-state index contributed by atoms with van der Waals surface area (Å²) in [5.41, 5.74) is 4.89. The number of benzene rings is 2. The van der Waals surface area contributed by atoms with Crippen LogP contribution in [-0.4, -0.2) is 38.9 Å². The summed E-state index contributed by atoms with van der Waals surface area (Å²) in [6.45, 7) is 7.83. The van der Waals surface area contributed by atoms with Gasteiger partial charge in [-0.3, -0.25) is 19.5 Å². The minimum absolute atomic E-state index is 0.0386. The predicted octanol–water partition coefficient (Wildman–Crippen LogP) is 5.33. The SMILES string of the molecule is COc1cc(C)c(/C(O)=C2\C(=O)C(=O)N(c3nc4ccc(C)cc4[nH]3)C2c2ccccn2)cc1C(C)C. The van der Waals surface area contributed by atoms with Gasteiger partial charge in [0.1, 0.15) is 17.6 Å². The highest BCUT2D eigenvalue weighted by molar-refractivity contribution is 6.51. The fraction of sp³-hybridized carbons (Fsp3) is 0.241. The van der Waals surface area contributed by atoms with Crippen LogP contribution in [-0.2, 0) is 9.59 Å².